The molecular weight excluding hydrogens is 266 g/mol. The van der Waals surface area contributed by atoms with E-state index in [0.717, 1.165) is 11.0 Å². The van der Waals surface area contributed by atoms with Crippen LogP contribution in [0.4, 0.5) is 0 Å². The molecule has 1 aromatic heterocycles. The smallest absolute Gasteiger partial charge is 0.0744 e. The second kappa shape index (κ2) is 4.81. The van der Waals surface area contributed by atoms with E-state index in [1.54, 1.807) is 0 Å². The molecular formula is C21H25N. The zero-order valence-corrected chi connectivity index (χ0v) is 14.8. The number of benzene rings is 2. The Labute approximate surface area is 133 Å². The Balaban J connectivity index is 2.69. The summed E-state index contributed by atoms with van der Waals surface area (Å²) in [5, 5.41) is 2.64. The molecule has 3 aromatic rings. The molecule has 0 amide bonds. The molecule has 22 heavy (non-hydrogen) atoms. The van der Waals surface area contributed by atoms with E-state index in [1.807, 2.05) is 0 Å². The van der Waals surface area contributed by atoms with Crippen LogP contribution in [0.25, 0.3) is 21.8 Å². The Kier molecular flexibility index (Phi) is 3.28. The first-order valence-corrected chi connectivity index (χ1v) is 8.02. The van der Waals surface area contributed by atoms with Gasteiger partial charge in [0.15, 0.2) is 0 Å². The molecule has 0 spiro atoms. The first kappa shape index (κ1) is 15.0. The van der Waals surface area contributed by atoms with Crippen LogP contribution in [0.2, 0.25) is 0 Å². The highest BCUT2D eigenvalue weighted by atomic mass is 14.7. The molecule has 0 atom stereocenters. The van der Waals surface area contributed by atoms with Gasteiger partial charge in [-0.05, 0) is 60.9 Å². The van der Waals surface area contributed by atoms with Crippen molar-refractivity contribution in [2.45, 2.75) is 53.9 Å². The number of rotatable bonds is 0. The van der Waals surface area contributed by atoms with E-state index in [9.17, 15) is 0 Å². The van der Waals surface area contributed by atoms with Crippen molar-refractivity contribution < 1.29 is 0 Å². The first-order valence-electron chi connectivity index (χ1n) is 8.02. The zero-order valence-electron chi connectivity index (χ0n) is 14.8. The zero-order chi connectivity index (χ0) is 16.2. The van der Waals surface area contributed by atoms with Gasteiger partial charge in [0.2, 0.25) is 0 Å². The summed E-state index contributed by atoms with van der Waals surface area (Å²) >= 11 is 0. The van der Waals surface area contributed by atoms with Gasteiger partial charge in [-0.3, -0.25) is 0 Å². The summed E-state index contributed by atoms with van der Waals surface area (Å²) in [6, 6.07) is 8.90. The van der Waals surface area contributed by atoms with Crippen molar-refractivity contribution in [3.63, 3.8) is 0 Å². The maximum absolute atomic E-state index is 5.07. The third-order valence-corrected chi connectivity index (χ3v) is 4.78. The van der Waals surface area contributed by atoms with Crippen molar-refractivity contribution in [3.8, 4) is 0 Å². The fraction of sp³-hybridized carbons (Fsp3) is 0.381. The molecule has 1 nitrogen and oxygen atoms in total. The van der Waals surface area contributed by atoms with Crippen LogP contribution in [0.5, 0.6) is 0 Å². The Morgan fingerprint density at radius 1 is 0.727 bits per heavy atom. The largest absolute Gasteiger partial charge is 0.247 e. The lowest BCUT2D eigenvalue weighted by Gasteiger charge is -2.26. The third-order valence-electron chi connectivity index (χ3n) is 4.78. The van der Waals surface area contributed by atoms with Gasteiger partial charge in [0.05, 0.1) is 11.0 Å². The van der Waals surface area contributed by atoms with E-state index < -0.39 is 0 Å². The number of aryl methyl sites for hydroxylation is 4. The Morgan fingerprint density at radius 3 is 1.95 bits per heavy atom. The number of hydrogen-bond acceptors (Lipinski definition) is 1. The molecule has 3 rings (SSSR count). The number of fused-ring (bicyclic) bond motifs is 2. The van der Waals surface area contributed by atoms with Crippen LogP contribution < -0.4 is 0 Å². The summed E-state index contributed by atoms with van der Waals surface area (Å²) in [4.78, 5) is 5.07. The highest BCUT2D eigenvalue weighted by molar-refractivity contribution is 6.02. The molecule has 1 heterocycles. The van der Waals surface area contributed by atoms with E-state index in [-0.39, 0.29) is 5.41 Å². The molecule has 0 bridgehead atoms. The number of pyridine rings is 1. The van der Waals surface area contributed by atoms with Gasteiger partial charge in [-0.15, -0.1) is 0 Å². The molecule has 114 valence electrons. The maximum atomic E-state index is 5.07. The van der Waals surface area contributed by atoms with Gasteiger partial charge in [0.1, 0.15) is 0 Å². The quantitative estimate of drug-likeness (QED) is 0.468. The van der Waals surface area contributed by atoms with Gasteiger partial charge in [0, 0.05) is 10.8 Å². The average Bonchev–Trinajstić information content (AvgIpc) is 2.44. The number of hydrogen-bond donors (Lipinski definition) is 0. The molecule has 0 saturated heterocycles. The summed E-state index contributed by atoms with van der Waals surface area (Å²) in [6.07, 6.45) is 0. The van der Waals surface area contributed by atoms with Gasteiger partial charge in [0.25, 0.3) is 0 Å². The summed E-state index contributed by atoms with van der Waals surface area (Å²) in [5.74, 6) is 0. The van der Waals surface area contributed by atoms with Crippen LogP contribution in [0.1, 0.15) is 48.6 Å². The third kappa shape index (κ3) is 2.11. The minimum atomic E-state index is 0.0830. The standard InChI is InChI=1S/C21H25N/c1-12-10-11-16-18(21(5,6)7)17-13(2)8-9-14(3)19(17)22-20(16)15(12)4/h8-11H,1-7H3. The average molecular weight is 291 g/mol. The van der Waals surface area contributed by atoms with Crippen LogP contribution in [-0.4, -0.2) is 4.98 Å². The Morgan fingerprint density at radius 2 is 1.32 bits per heavy atom. The predicted octanol–water partition coefficient (Wildman–Crippen LogP) is 5.92. The summed E-state index contributed by atoms with van der Waals surface area (Å²) in [7, 11) is 0. The summed E-state index contributed by atoms with van der Waals surface area (Å²) in [6.45, 7) is 15.6. The van der Waals surface area contributed by atoms with E-state index in [0.29, 0.717) is 0 Å². The number of aromatic nitrogens is 1. The van der Waals surface area contributed by atoms with Crippen molar-refractivity contribution in [2.75, 3.05) is 0 Å². The van der Waals surface area contributed by atoms with Crippen molar-refractivity contribution in [1.29, 1.82) is 0 Å². The fourth-order valence-electron chi connectivity index (χ4n) is 3.43. The highest BCUT2D eigenvalue weighted by Crippen LogP contribution is 2.39. The summed E-state index contributed by atoms with van der Waals surface area (Å²) in [5.41, 5.74) is 9.01. The molecule has 0 aliphatic heterocycles. The van der Waals surface area contributed by atoms with Crippen molar-refractivity contribution in [3.05, 3.63) is 52.1 Å². The van der Waals surface area contributed by atoms with Gasteiger partial charge >= 0.3 is 0 Å². The van der Waals surface area contributed by atoms with Crippen molar-refractivity contribution in [2.24, 2.45) is 0 Å². The molecule has 0 aliphatic carbocycles. The van der Waals surface area contributed by atoms with Gasteiger partial charge in [-0.1, -0.05) is 45.0 Å². The highest BCUT2D eigenvalue weighted by Gasteiger charge is 2.23. The minimum Gasteiger partial charge on any atom is -0.247 e. The van der Waals surface area contributed by atoms with Crippen LogP contribution in [0, 0.1) is 27.7 Å². The van der Waals surface area contributed by atoms with Crippen LogP contribution in [0.3, 0.4) is 0 Å². The summed E-state index contributed by atoms with van der Waals surface area (Å²) < 4.78 is 0. The maximum Gasteiger partial charge on any atom is 0.0744 e. The van der Waals surface area contributed by atoms with E-state index >= 15 is 0 Å². The second-order valence-corrected chi connectivity index (χ2v) is 7.56. The molecule has 2 aromatic carbocycles. The lowest BCUT2D eigenvalue weighted by atomic mass is 9.80. The lowest BCUT2D eigenvalue weighted by Crippen LogP contribution is -2.14. The fourth-order valence-corrected chi connectivity index (χ4v) is 3.43. The van der Waals surface area contributed by atoms with E-state index in [1.165, 1.54) is 38.6 Å². The van der Waals surface area contributed by atoms with Crippen LogP contribution in [0.15, 0.2) is 24.3 Å². The minimum absolute atomic E-state index is 0.0830. The van der Waals surface area contributed by atoms with Gasteiger partial charge in [-0.2, -0.15) is 0 Å². The topological polar surface area (TPSA) is 12.9 Å². The predicted molar refractivity (Wildman–Crippen MR) is 96.9 cm³/mol. The second-order valence-electron chi connectivity index (χ2n) is 7.56. The number of nitrogens with zero attached hydrogens (tertiary/aromatic N) is 1. The molecule has 0 saturated carbocycles. The molecule has 0 N–H and O–H groups in total. The van der Waals surface area contributed by atoms with Gasteiger partial charge < -0.3 is 0 Å². The molecule has 1 heteroatoms. The normalized spacial score (nSPS) is 12.3. The Hall–Kier alpha value is -1.89. The molecule has 0 aliphatic rings. The molecule has 0 unspecified atom stereocenters. The lowest BCUT2D eigenvalue weighted by molar-refractivity contribution is 0.600. The molecule has 0 radical (unpaired) electrons. The van der Waals surface area contributed by atoms with Crippen LogP contribution in [-0.2, 0) is 5.41 Å². The van der Waals surface area contributed by atoms with E-state index in [4.69, 9.17) is 4.98 Å². The van der Waals surface area contributed by atoms with Crippen LogP contribution >= 0.6 is 0 Å². The first-order chi connectivity index (χ1) is 10.2. The van der Waals surface area contributed by atoms with Crippen molar-refractivity contribution >= 4 is 21.8 Å². The monoisotopic (exact) mass is 291 g/mol. The van der Waals surface area contributed by atoms with Gasteiger partial charge in [-0.25, -0.2) is 4.98 Å². The Bertz CT molecular complexity index is 895. The molecule has 0 fully saturated rings. The van der Waals surface area contributed by atoms with E-state index in [2.05, 4.69) is 72.7 Å². The SMILES string of the molecule is Cc1ccc2c(C(C)(C)C)c3c(C)ccc(C)c3nc2c1C. The van der Waals surface area contributed by atoms with Crippen molar-refractivity contribution in [1.82, 2.24) is 4.98 Å².